The van der Waals surface area contributed by atoms with Gasteiger partial charge in [0.05, 0.1) is 0 Å². The van der Waals surface area contributed by atoms with Gasteiger partial charge in [-0.25, -0.2) is 0 Å². The molecule has 0 aliphatic heterocycles. The van der Waals surface area contributed by atoms with Gasteiger partial charge in [0.1, 0.15) is 0 Å². The maximum atomic E-state index is 11.9. The molecule has 0 spiro atoms. The van der Waals surface area contributed by atoms with Crippen LogP contribution in [-0.2, 0) is 4.79 Å². The highest BCUT2D eigenvalue weighted by atomic mass is 16.1. The van der Waals surface area contributed by atoms with Crippen molar-refractivity contribution >= 4 is 5.91 Å². The summed E-state index contributed by atoms with van der Waals surface area (Å²) in [6.07, 6.45) is 7.69. The zero-order valence-corrected chi connectivity index (χ0v) is 9.59. The molecule has 3 fully saturated rings. The van der Waals surface area contributed by atoms with Gasteiger partial charge in [-0.2, -0.15) is 0 Å². The Balaban J connectivity index is 1.45. The fourth-order valence-electron chi connectivity index (χ4n) is 3.33. The SMILES string of the molecule is CC1(CNC(=O)C2CC3CC3C2)CCC1. The average Bonchev–Trinajstić information content (AvgIpc) is 2.79. The molecule has 3 saturated carbocycles. The fraction of sp³-hybridized carbons (Fsp3) is 0.923. The van der Waals surface area contributed by atoms with Crippen LogP contribution in [0, 0.1) is 23.2 Å². The lowest BCUT2D eigenvalue weighted by Gasteiger charge is -2.38. The van der Waals surface area contributed by atoms with E-state index in [-0.39, 0.29) is 0 Å². The number of nitrogens with one attached hydrogen (secondary N) is 1. The van der Waals surface area contributed by atoms with Crippen molar-refractivity contribution in [2.24, 2.45) is 23.2 Å². The molecule has 2 heteroatoms. The number of carbonyl (C=O) groups is 1. The van der Waals surface area contributed by atoms with Crippen molar-refractivity contribution in [1.29, 1.82) is 0 Å². The summed E-state index contributed by atoms with van der Waals surface area (Å²) in [6, 6.07) is 0. The van der Waals surface area contributed by atoms with E-state index in [0.717, 1.165) is 18.4 Å². The third-order valence-electron chi connectivity index (χ3n) is 4.86. The predicted octanol–water partition coefficient (Wildman–Crippen LogP) is 2.34. The van der Waals surface area contributed by atoms with Crippen molar-refractivity contribution in [1.82, 2.24) is 5.32 Å². The van der Waals surface area contributed by atoms with Gasteiger partial charge in [0.25, 0.3) is 0 Å². The van der Waals surface area contributed by atoms with Crippen molar-refractivity contribution < 1.29 is 4.79 Å². The van der Waals surface area contributed by atoms with E-state index < -0.39 is 0 Å². The Hall–Kier alpha value is -0.530. The molecule has 3 aliphatic rings. The molecular weight excluding hydrogens is 186 g/mol. The number of amides is 1. The second kappa shape index (κ2) is 3.23. The number of fused-ring (bicyclic) bond motifs is 1. The molecule has 2 nitrogen and oxygen atoms in total. The number of hydrogen-bond acceptors (Lipinski definition) is 1. The number of rotatable bonds is 3. The first-order valence-corrected chi connectivity index (χ1v) is 6.44. The second-order valence-corrected chi connectivity index (χ2v) is 6.31. The van der Waals surface area contributed by atoms with E-state index in [4.69, 9.17) is 0 Å². The molecule has 2 unspecified atom stereocenters. The Kier molecular flexibility index (Phi) is 2.08. The molecule has 84 valence electrons. The molecule has 0 saturated heterocycles. The van der Waals surface area contributed by atoms with Gasteiger partial charge in [-0.05, 0) is 49.4 Å². The van der Waals surface area contributed by atoms with Crippen LogP contribution in [0.25, 0.3) is 0 Å². The van der Waals surface area contributed by atoms with E-state index in [1.165, 1.54) is 38.5 Å². The zero-order valence-electron chi connectivity index (χ0n) is 9.59. The summed E-state index contributed by atoms with van der Waals surface area (Å²) in [5.74, 6) is 2.54. The average molecular weight is 207 g/mol. The molecule has 3 aliphatic carbocycles. The molecule has 2 atom stereocenters. The van der Waals surface area contributed by atoms with E-state index >= 15 is 0 Å². The molecule has 0 aromatic carbocycles. The van der Waals surface area contributed by atoms with Crippen LogP contribution in [0.2, 0.25) is 0 Å². The summed E-state index contributed by atoms with van der Waals surface area (Å²) in [7, 11) is 0. The molecule has 0 bridgehead atoms. The molecule has 0 aromatic heterocycles. The first kappa shape index (κ1) is 9.68. The molecule has 0 aromatic rings. The normalized spacial score (nSPS) is 40.5. The van der Waals surface area contributed by atoms with Gasteiger partial charge in [0, 0.05) is 12.5 Å². The van der Waals surface area contributed by atoms with Crippen molar-refractivity contribution in [3.8, 4) is 0 Å². The van der Waals surface area contributed by atoms with Gasteiger partial charge in [-0.3, -0.25) is 4.79 Å². The highest BCUT2D eigenvalue weighted by Gasteiger charge is 2.48. The van der Waals surface area contributed by atoms with Crippen LogP contribution < -0.4 is 5.32 Å². The monoisotopic (exact) mass is 207 g/mol. The van der Waals surface area contributed by atoms with Crippen LogP contribution in [0.3, 0.4) is 0 Å². The largest absolute Gasteiger partial charge is 0.355 e. The molecular formula is C13H21NO. The minimum absolute atomic E-state index is 0.343. The molecule has 0 heterocycles. The first-order chi connectivity index (χ1) is 7.16. The number of carbonyl (C=O) groups excluding carboxylic acids is 1. The van der Waals surface area contributed by atoms with Crippen LogP contribution >= 0.6 is 0 Å². The van der Waals surface area contributed by atoms with Crippen LogP contribution in [-0.4, -0.2) is 12.5 Å². The smallest absolute Gasteiger partial charge is 0.223 e. The number of hydrogen-bond donors (Lipinski definition) is 1. The highest BCUT2D eigenvalue weighted by Crippen LogP contribution is 2.54. The summed E-state index contributed by atoms with van der Waals surface area (Å²) in [5.41, 5.74) is 0.428. The third kappa shape index (κ3) is 1.79. The van der Waals surface area contributed by atoms with Gasteiger partial charge in [-0.15, -0.1) is 0 Å². The van der Waals surface area contributed by atoms with E-state index in [1.54, 1.807) is 0 Å². The summed E-state index contributed by atoms with van der Waals surface area (Å²) in [5, 5.41) is 3.17. The van der Waals surface area contributed by atoms with Crippen molar-refractivity contribution in [3.63, 3.8) is 0 Å². The summed E-state index contributed by atoms with van der Waals surface area (Å²) < 4.78 is 0. The Bertz CT molecular complexity index is 272. The van der Waals surface area contributed by atoms with Crippen molar-refractivity contribution in [3.05, 3.63) is 0 Å². The van der Waals surface area contributed by atoms with Crippen molar-refractivity contribution in [2.75, 3.05) is 6.54 Å². The Morgan fingerprint density at radius 3 is 2.47 bits per heavy atom. The Labute approximate surface area is 91.8 Å². The van der Waals surface area contributed by atoms with E-state index in [2.05, 4.69) is 12.2 Å². The molecule has 0 radical (unpaired) electrons. The van der Waals surface area contributed by atoms with E-state index in [9.17, 15) is 4.79 Å². The van der Waals surface area contributed by atoms with Crippen LogP contribution in [0.15, 0.2) is 0 Å². The Morgan fingerprint density at radius 2 is 1.93 bits per heavy atom. The summed E-state index contributed by atoms with van der Waals surface area (Å²) >= 11 is 0. The van der Waals surface area contributed by atoms with Crippen molar-refractivity contribution in [2.45, 2.75) is 45.4 Å². The molecule has 1 N–H and O–H groups in total. The maximum Gasteiger partial charge on any atom is 0.223 e. The first-order valence-electron chi connectivity index (χ1n) is 6.44. The maximum absolute atomic E-state index is 11.9. The molecule has 15 heavy (non-hydrogen) atoms. The minimum atomic E-state index is 0.343. The van der Waals surface area contributed by atoms with Gasteiger partial charge >= 0.3 is 0 Å². The van der Waals surface area contributed by atoms with E-state index in [0.29, 0.717) is 17.2 Å². The standard InChI is InChI=1S/C13H21NO/c1-13(3-2-4-13)8-14-12(15)11-6-9-5-10(9)7-11/h9-11H,2-8H2,1H3,(H,14,15). The Morgan fingerprint density at radius 1 is 1.27 bits per heavy atom. The second-order valence-electron chi connectivity index (χ2n) is 6.31. The zero-order chi connectivity index (χ0) is 10.5. The lowest BCUT2D eigenvalue weighted by atomic mass is 9.70. The van der Waals surface area contributed by atoms with Crippen LogP contribution in [0.5, 0.6) is 0 Å². The van der Waals surface area contributed by atoms with Gasteiger partial charge in [0.2, 0.25) is 5.91 Å². The lowest BCUT2D eigenvalue weighted by molar-refractivity contribution is -0.125. The quantitative estimate of drug-likeness (QED) is 0.756. The topological polar surface area (TPSA) is 29.1 Å². The summed E-state index contributed by atoms with van der Waals surface area (Å²) in [6.45, 7) is 3.21. The van der Waals surface area contributed by atoms with Crippen LogP contribution in [0.1, 0.15) is 45.4 Å². The highest BCUT2D eigenvalue weighted by molar-refractivity contribution is 5.79. The molecule has 1 amide bonds. The third-order valence-corrected chi connectivity index (χ3v) is 4.86. The van der Waals surface area contributed by atoms with E-state index in [1.807, 2.05) is 0 Å². The fourth-order valence-corrected chi connectivity index (χ4v) is 3.33. The summed E-state index contributed by atoms with van der Waals surface area (Å²) in [4.78, 5) is 11.9. The van der Waals surface area contributed by atoms with Gasteiger partial charge < -0.3 is 5.32 Å². The molecule has 3 rings (SSSR count). The predicted molar refractivity (Wildman–Crippen MR) is 59.3 cm³/mol. The van der Waals surface area contributed by atoms with Crippen LogP contribution in [0.4, 0.5) is 0 Å². The lowest BCUT2D eigenvalue weighted by Crippen LogP contribution is -2.41. The minimum Gasteiger partial charge on any atom is -0.355 e. The van der Waals surface area contributed by atoms with Gasteiger partial charge in [-0.1, -0.05) is 13.3 Å². The van der Waals surface area contributed by atoms with Gasteiger partial charge in [0.15, 0.2) is 0 Å².